The summed E-state index contributed by atoms with van der Waals surface area (Å²) in [6.45, 7) is 3.53. The lowest BCUT2D eigenvalue weighted by atomic mass is 10.00. The van der Waals surface area contributed by atoms with E-state index < -0.39 is 12.1 Å². The van der Waals surface area contributed by atoms with Crippen LogP contribution in [0.2, 0.25) is 0 Å². The first-order chi connectivity index (χ1) is 20.7. The van der Waals surface area contributed by atoms with Crippen LogP contribution in [-0.4, -0.2) is 66.2 Å². The first-order valence-electron chi connectivity index (χ1n) is 14.1. The predicted octanol–water partition coefficient (Wildman–Crippen LogP) is 4.70. The molecule has 2 amide bonds. The molecule has 222 valence electrons. The van der Waals surface area contributed by atoms with E-state index in [4.69, 9.17) is 9.47 Å². The van der Waals surface area contributed by atoms with Gasteiger partial charge >= 0.3 is 12.1 Å². The van der Waals surface area contributed by atoms with E-state index in [0.717, 1.165) is 50.2 Å². The second-order valence-electron chi connectivity index (χ2n) is 10.7. The number of esters is 1. The third-order valence-electron chi connectivity index (χ3n) is 7.36. The molecule has 5 rings (SSSR count). The van der Waals surface area contributed by atoms with E-state index in [2.05, 4.69) is 20.2 Å². The average molecular weight is 582 g/mol. The Balaban J connectivity index is 1.32. The molecule has 0 unspecified atom stereocenters. The number of aryl methyl sites for hydroxylation is 2. The Kier molecular flexibility index (Phi) is 8.87. The smallest absolute Gasteiger partial charge is 0.412 e. The molecule has 3 aromatic carbocycles. The molecular weight excluding hydrogens is 546 g/mol. The molecule has 10 heteroatoms. The molecule has 0 fully saturated rings. The van der Waals surface area contributed by atoms with E-state index in [9.17, 15) is 14.4 Å². The number of hydrogen-bond donors (Lipinski definition) is 2. The van der Waals surface area contributed by atoms with E-state index in [1.165, 1.54) is 0 Å². The first kappa shape index (κ1) is 29.5. The number of nitrogens with one attached hydrogen (secondary N) is 2. The number of benzene rings is 3. The van der Waals surface area contributed by atoms with Crippen molar-refractivity contribution in [3.63, 3.8) is 0 Å². The standard InChI is InChI=1S/C33H35N5O5/c1-21-24-12-14-34-30(32(40)35-16-17-37(2)3)26(24)19-27-25-18-23(10-11-28(25)38(4)31(21)27)43-33(41)36-15-13-29(39)42-20-22-8-6-5-7-9-22/h5-12,14,18-19H,13,15-17,20H2,1-4H3,(H,35,40)(H,36,41). The van der Waals surface area contributed by atoms with E-state index in [0.29, 0.717) is 18.0 Å². The Morgan fingerprint density at radius 2 is 1.70 bits per heavy atom. The molecule has 0 bridgehead atoms. The number of hydrogen-bond acceptors (Lipinski definition) is 7. The Hall–Kier alpha value is -4.96. The average Bonchev–Trinajstić information content (AvgIpc) is 3.27. The van der Waals surface area contributed by atoms with Gasteiger partial charge < -0.3 is 29.6 Å². The zero-order valence-electron chi connectivity index (χ0n) is 24.8. The molecule has 0 aliphatic rings. The number of carbonyl (C=O) groups is 3. The maximum absolute atomic E-state index is 13.1. The van der Waals surface area contributed by atoms with Gasteiger partial charge in [0.1, 0.15) is 18.1 Å². The topological polar surface area (TPSA) is 115 Å². The molecule has 0 atom stereocenters. The summed E-state index contributed by atoms with van der Waals surface area (Å²) in [5.74, 6) is -0.282. The summed E-state index contributed by atoms with van der Waals surface area (Å²) in [5.41, 5.74) is 4.25. The fourth-order valence-electron chi connectivity index (χ4n) is 5.21. The van der Waals surface area contributed by atoms with Gasteiger partial charge in [-0.2, -0.15) is 0 Å². The highest BCUT2D eigenvalue weighted by atomic mass is 16.6. The predicted molar refractivity (Wildman–Crippen MR) is 166 cm³/mol. The molecule has 0 saturated heterocycles. The van der Waals surface area contributed by atoms with E-state index in [1.54, 1.807) is 12.3 Å². The molecule has 0 radical (unpaired) electrons. The number of pyridine rings is 1. The van der Waals surface area contributed by atoms with Crippen LogP contribution in [0.1, 0.15) is 28.0 Å². The van der Waals surface area contributed by atoms with Crippen LogP contribution in [0, 0.1) is 6.92 Å². The summed E-state index contributed by atoms with van der Waals surface area (Å²) in [7, 11) is 5.90. The van der Waals surface area contributed by atoms with E-state index in [1.807, 2.05) is 87.6 Å². The number of rotatable bonds is 10. The van der Waals surface area contributed by atoms with Crippen molar-refractivity contribution in [3.05, 3.63) is 83.7 Å². The summed E-state index contributed by atoms with van der Waals surface area (Å²) in [6, 6.07) is 18.7. The fourth-order valence-corrected chi connectivity index (χ4v) is 5.21. The van der Waals surface area contributed by atoms with Gasteiger partial charge in [0.25, 0.3) is 5.91 Å². The molecule has 10 nitrogen and oxygen atoms in total. The third-order valence-corrected chi connectivity index (χ3v) is 7.36. The van der Waals surface area contributed by atoms with Crippen LogP contribution in [0.3, 0.4) is 0 Å². The van der Waals surface area contributed by atoms with Crippen LogP contribution >= 0.6 is 0 Å². The summed E-state index contributed by atoms with van der Waals surface area (Å²) >= 11 is 0. The number of ether oxygens (including phenoxy) is 2. The Morgan fingerprint density at radius 1 is 0.907 bits per heavy atom. The van der Waals surface area contributed by atoms with E-state index >= 15 is 0 Å². The number of likely N-dealkylation sites (N-methyl/N-ethyl adjacent to an activating group) is 1. The molecule has 43 heavy (non-hydrogen) atoms. The van der Waals surface area contributed by atoms with Crippen LogP contribution in [0.15, 0.2) is 66.9 Å². The van der Waals surface area contributed by atoms with Crippen molar-refractivity contribution < 1.29 is 23.9 Å². The largest absolute Gasteiger partial charge is 0.461 e. The highest BCUT2D eigenvalue weighted by Gasteiger charge is 2.19. The SMILES string of the molecule is Cc1c2ccnc(C(=O)NCCN(C)C)c2cc2c3cc(OC(=O)NCCC(=O)OCc4ccccc4)ccc3n(C)c12. The van der Waals surface area contributed by atoms with Crippen LogP contribution in [0.5, 0.6) is 5.75 Å². The van der Waals surface area contributed by atoms with Crippen LogP contribution < -0.4 is 15.4 Å². The quantitative estimate of drug-likeness (QED) is 0.230. The van der Waals surface area contributed by atoms with Crippen molar-refractivity contribution in [2.24, 2.45) is 7.05 Å². The molecule has 2 N–H and O–H groups in total. The number of aromatic nitrogens is 2. The number of carbonyl (C=O) groups excluding carboxylic acids is 3. The van der Waals surface area contributed by atoms with Crippen molar-refractivity contribution >= 4 is 50.5 Å². The molecule has 0 saturated carbocycles. The summed E-state index contributed by atoms with van der Waals surface area (Å²) in [6.07, 6.45) is 1.02. The molecule has 0 spiro atoms. The fraction of sp³-hybridized carbons (Fsp3) is 0.273. The Morgan fingerprint density at radius 3 is 2.47 bits per heavy atom. The van der Waals surface area contributed by atoms with Crippen molar-refractivity contribution in [3.8, 4) is 5.75 Å². The molecule has 0 aliphatic carbocycles. The van der Waals surface area contributed by atoms with Gasteiger partial charge in [-0.05, 0) is 67.9 Å². The van der Waals surface area contributed by atoms with Crippen LogP contribution in [-0.2, 0) is 23.2 Å². The van der Waals surface area contributed by atoms with Crippen molar-refractivity contribution in [1.29, 1.82) is 0 Å². The van der Waals surface area contributed by atoms with Crippen LogP contribution in [0.25, 0.3) is 32.6 Å². The van der Waals surface area contributed by atoms with Gasteiger partial charge in [0.2, 0.25) is 0 Å². The Labute approximate surface area is 249 Å². The normalized spacial score (nSPS) is 11.3. The van der Waals surface area contributed by atoms with Crippen molar-refractivity contribution in [2.75, 3.05) is 33.7 Å². The van der Waals surface area contributed by atoms with Gasteiger partial charge in [-0.25, -0.2) is 4.79 Å². The van der Waals surface area contributed by atoms with E-state index in [-0.39, 0.29) is 25.5 Å². The maximum atomic E-state index is 13.1. The minimum atomic E-state index is -0.669. The van der Waals surface area contributed by atoms with Gasteiger partial charge in [-0.15, -0.1) is 0 Å². The molecule has 2 aromatic heterocycles. The van der Waals surface area contributed by atoms with Gasteiger partial charge in [0.15, 0.2) is 0 Å². The second-order valence-corrected chi connectivity index (χ2v) is 10.7. The Bertz CT molecular complexity index is 1810. The maximum Gasteiger partial charge on any atom is 0.412 e. The summed E-state index contributed by atoms with van der Waals surface area (Å²) < 4.78 is 12.9. The highest BCUT2D eigenvalue weighted by molar-refractivity contribution is 6.17. The van der Waals surface area contributed by atoms with Gasteiger partial charge in [0.05, 0.1) is 11.9 Å². The second kappa shape index (κ2) is 12.9. The molecule has 2 heterocycles. The molecular formula is C33H35N5O5. The zero-order valence-corrected chi connectivity index (χ0v) is 24.8. The minimum absolute atomic E-state index is 0.0235. The van der Waals surface area contributed by atoms with Crippen molar-refractivity contribution in [2.45, 2.75) is 20.0 Å². The summed E-state index contributed by atoms with van der Waals surface area (Å²) in [4.78, 5) is 44.0. The highest BCUT2D eigenvalue weighted by Crippen LogP contribution is 2.37. The number of nitrogens with zero attached hydrogens (tertiary/aromatic N) is 3. The molecule has 0 aliphatic heterocycles. The first-order valence-corrected chi connectivity index (χ1v) is 14.1. The minimum Gasteiger partial charge on any atom is -0.461 e. The van der Waals surface area contributed by atoms with Crippen LogP contribution in [0.4, 0.5) is 4.79 Å². The summed E-state index contributed by atoms with van der Waals surface area (Å²) in [5, 5.41) is 9.06. The van der Waals surface area contributed by atoms with Gasteiger partial charge in [-0.3, -0.25) is 14.6 Å². The van der Waals surface area contributed by atoms with Gasteiger partial charge in [0, 0.05) is 54.6 Å². The lowest BCUT2D eigenvalue weighted by Crippen LogP contribution is -2.31. The van der Waals surface area contributed by atoms with Gasteiger partial charge in [-0.1, -0.05) is 30.3 Å². The zero-order chi connectivity index (χ0) is 30.5. The molecule has 5 aromatic rings. The number of amides is 2. The lowest BCUT2D eigenvalue weighted by molar-refractivity contribution is -0.144. The lowest BCUT2D eigenvalue weighted by Gasteiger charge is -2.12. The number of fused-ring (bicyclic) bond motifs is 4. The monoisotopic (exact) mass is 581 g/mol. The van der Waals surface area contributed by atoms with Crippen molar-refractivity contribution in [1.82, 2.24) is 25.1 Å². The third kappa shape index (κ3) is 6.60.